The SMILES string of the molecule is CNCc1ccc(Cl)cc1N1CCSCC1. The number of rotatable bonds is 3. The maximum absolute atomic E-state index is 6.08. The lowest BCUT2D eigenvalue weighted by Crippen LogP contribution is -2.33. The van der Waals surface area contributed by atoms with Gasteiger partial charge in [-0.25, -0.2) is 0 Å². The minimum atomic E-state index is 0.827. The van der Waals surface area contributed by atoms with Gasteiger partial charge in [0.2, 0.25) is 0 Å². The predicted octanol–water partition coefficient (Wildman–Crippen LogP) is 2.61. The molecule has 1 aromatic rings. The highest BCUT2D eigenvalue weighted by Gasteiger charge is 2.14. The third-order valence-corrected chi connectivity index (χ3v) is 3.94. The van der Waals surface area contributed by atoms with E-state index >= 15 is 0 Å². The molecule has 1 fully saturated rings. The van der Waals surface area contributed by atoms with E-state index in [1.807, 2.05) is 24.9 Å². The Morgan fingerprint density at radius 2 is 2.12 bits per heavy atom. The van der Waals surface area contributed by atoms with Crippen LogP contribution < -0.4 is 10.2 Å². The van der Waals surface area contributed by atoms with Crippen molar-refractivity contribution in [3.63, 3.8) is 0 Å². The van der Waals surface area contributed by atoms with E-state index in [1.165, 1.54) is 22.8 Å². The fraction of sp³-hybridized carbons (Fsp3) is 0.500. The van der Waals surface area contributed by atoms with Crippen LogP contribution in [0.3, 0.4) is 0 Å². The second-order valence-corrected chi connectivity index (χ2v) is 5.56. The van der Waals surface area contributed by atoms with E-state index in [0.717, 1.165) is 24.7 Å². The van der Waals surface area contributed by atoms with Crippen molar-refractivity contribution in [3.8, 4) is 0 Å². The monoisotopic (exact) mass is 256 g/mol. The lowest BCUT2D eigenvalue weighted by atomic mass is 10.1. The summed E-state index contributed by atoms with van der Waals surface area (Å²) in [6.07, 6.45) is 0. The maximum atomic E-state index is 6.08. The molecule has 16 heavy (non-hydrogen) atoms. The summed E-state index contributed by atoms with van der Waals surface area (Å²) in [5.41, 5.74) is 2.63. The number of hydrogen-bond donors (Lipinski definition) is 1. The standard InChI is InChI=1S/C12H17ClN2S/c1-14-9-10-2-3-11(13)8-12(10)15-4-6-16-7-5-15/h2-3,8,14H,4-7,9H2,1H3. The second-order valence-electron chi connectivity index (χ2n) is 3.90. The van der Waals surface area contributed by atoms with Crippen molar-refractivity contribution in [2.45, 2.75) is 6.54 Å². The zero-order chi connectivity index (χ0) is 11.4. The normalized spacial score (nSPS) is 16.5. The zero-order valence-electron chi connectivity index (χ0n) is 9.50. The van der Waals surface area contributed by atoms with Gasteiger partial charge in [-0.2, -0.15) is 11.8 Å². The molecule has 0 saturated carbocycles. The Morgan fingerprint density at radius 1 is 1.38 bits per heavy atom. The van der Waals surface area contributed by atoms with Crippen molar-refractivity contribution in [2.24, 2.45) is 0 Å². The average Bonchev–Trinajstić information content (AvgIpc) is 2.33. The highest BCUT2D eigenvalue weighted by atomic mass is 35.5. The van der Waals surface area contributed by atoms with Crippen LogP contribution in [0.2, 0.25) is 5.02 Å². The van der Waals surface area contributed by atoms with Gasteiger partial charge in [0, 0.05) is 41.8 Å². The number of halogens is 1. The largest absolute Gasteiger partial charge is 0.370 e. The Kier molecular flexibility index (Phi) is 4.38. The Bertz CT molecular complexity index is 351. The summed E-state index contributed by atoms with van der Waals surface area (Å²) in [5.74, 6) is 2.43. The summed E-state index contributed by atoms with van der Waals surface area (Å²) in [7, 11) is 1.98. The van der Waals surface area contributed by atoms with E-state index < -0.39 is 0 Å². The fourth-order valence-corrected chi connectivity index (χ4v) is 3.05. The van der Waals surface area contributed by atoms with Crippen LogP contribution in [0.5, 0.6) is 0 Å². The van der Waals surface area contributed by atoms with E-state index in [-0.39, 0.29) is 0 Å². The number of nitrogens with one attached hydrogen (secondary N) is 1. The highest BCUT2D eigenvalue weighted by molar-refractivity contribution is 7.99. The molecule has 0 spiro atoms. The van der Waals surface area contributed by atoms with Crippen LogP contribution in [0, 0.1) is 0 Å². The predicted molar refractivity (Wildman–Crippen MR) is 73.8 cm³/mol. The van der Waals surface area contributed by atoms with Gasteiger partial charge in [-0.1, -0.05) is 17.7 Å². The smallest absolute Gasteiger partial charge is 0.0427 e. The third kappa shape index (κ3) is 2.84. The first kappa shape index (κ1) is 12.1. The summed E-state index contributed by atoms with van der Waals surface area (Å²) in [6.45, 7) is 3.15. The van der Waals surface area contributed by atoms with E-state index in [4.69, 9.17) is 11.6 Å². The zero-order valence-corrected chi connectivity index (χ0v) is 11.1. The number of nitrogens with zero attached hydrogens (tertiary/aromatic N) is 1. The molecule has 1 aromatic carbocycles. The number of hydrogen-bond acceptors (Lipinski definition) is 3. The van der Waals surface area contributed by atoms with Crippen LogP contribution in [-0.4, -0.2) is 31.6 Å². The lowest BCUT2D eigenvalue weighted by Gasteiger charge is -2.30. The molecular formula is C12H17ClN2S. The van der Waals surface area contributed by atoms with Crippen LogP contribution in [0.4, 0.5) is 5.69 Å². The first-order valence-corrected chi connectivity index (χ1v) is 7.10. The van der Waals surface area contributed by atoms with Crippen LogP contribution in [-0.2, 0) is 6.54 Å². The van der Waals surface area contributed by atoms with Gasteiger partial charge in [-0.3, -0.25) is 0 Å². The van der Waals surface area contributed by atoms with Gasteiger partial charge >= 0.3 is 0 Å². The Balaban J connectivity index is 2.24. The van der Waals surface area contributed by atoms with Gasteiger partial charge in [0.25, 0.3) is 0 Å². The average molecular weight is 257 g/mol. The topological polar surface area (TPSA) is 15.3 Å². The molecule has 1 heterocycles. The summed E-state index contributed by atoms with van der Waals surface area (Å²) in [4.78, 5) is 2.44. The molecule has 88 valence electrons. The molecule has 4 heteroatoms. The molecular weight excluding hydrogens is 240 g/mol. The number of thioether (sulfide) groups is 1. The van der Waals surface area contributed by atoms with Crippen LogP contribution in [0.15, 0.2) is 18.2 Å². The molecule has 0 atom stereocenters. The summed E-state index contributed by atoms with van der Waals surface area (Å²) < 4.78 is 0. The number of anilines is 1. The number of benzene rings is 1. The molecule has 0 bridgehead atoms. The summed E-state index contributed by atoms with van der Waals surface area (Å²) in [6, 6.07) is 6.18. The molecule has 1 aliphatic heterocycles. The molecule has 0 aromatic heterocycles. The molecule has 2 rings (SSSR count). The second kappa shape index (κ2) is 5.80. The first-order valence-electron chi connectivity index (χ1n) is 5.57. The van der Waals surface area contributed by atoms with E-state index in [9.17, 15) is 0 Å². The highest BCUT2D eigenvalue weighted by Crippen LogP contribution is 2.27. The Hall–Kier alpha value is -0.380. The van der Waals surface area contributed by atoms with Gasteiger partial charge in [-0.05, 0) is 24.7 Å². The quantitative estimate of drug-likeness (QED) is 0.895. The van der Waals surface area contributed by atoms with Crippen molar-refractivity contribution in [1.29, 1.82) is 0 Å². The Morgan fingerprint density at radius 3 is 2.81 bits per heavy atom. The molecule has 2 nitrogen and oxygen atoms in total. The lowest BCUT2D eigenvalue weighted by molar-refractivity contribution is 0.794. The van der Waals surface area contributed by atoms with Crippen LogP contribution in [0.1, 0.15) is 5.56 Å². The van der Waals surface area contributed by atoms with Gasteiger partial charge < -0.3 is 10.2 Å². The maximum Gasteiger partial charge on any atom is 0.0427 e. The van der Waals surface area contributed by atoms with Crippen molar-refractivity contribution in [1.82, 2.24) is 5.32 Å². The fourth-order valence-electron chi connectivity index (χ4n) is 1.98. The van der Waals surface area contributed by atoms with Gasteiger partial charge in [0.15, 0.2) is 0 Å². The Labute approximate surface area is 106 Å². The first-order chi connectivity index (χ1) is 7.81. The molecule has 0 amide bonds. The van der Waals surface area contributed by atoms with Gasteiger partial charge in [0.1, 0.15) is 0 Å². The van der Waals surface area contributed by atoms with E-state index in [1.54, 1.807) is 0 Å². The van der Waals surface area contributed by atoms with E-state index in [2.05, 4.69) is 22.3 Å². The minimum absolute atomic E-state index is 0.827. The molecule has 1 saturated heterocycles. The summed E-state index contributed by atoms with van der Waals surface area (Å²) in [5, 5.41) is 4.03. The van der Waals surface area contributed by atoms with Crippen molar-refractivity contribution in [3.05, 3.63) is 28.8 Å². The molecule has 0 radical (unpaired) electrons. The van der Waals surface area contributed by atoms with Crippen molar-refractivity contribution < 1.29 is 0 Å². The summed E-state index contributed by atoms with van der Waals surface area (Å²) >= 11 is 8.11. The third-order valence-electron chi connectivity index (χ3n) is 2.77. The molecule has 0 unspecified atom stereocenters. The van der Waals surface area contributed by atoms with Crippen molar-refractivity contribution >= 4 is 29.1 Å². The molecule has 1 aliphatic rings. The van der Waals surface area contributed by atoms with Crippen LogP contribution >= 0.6 is 23.4 Å². The van der Waals surface area contributed by atoms with Gasteiger partial charge in [-0.15, -0.1) is 0 Å². The van der Waals surface area contributed by atoms with E-state index in [0.29, 0.717) is 0 Å². The van der Waals surface area contributed by atoms with Gasteiger partial charge in [0.05, 0.1) is 0 Å². The van der Waals surface area contributed by atoms with Crippen molar-refractivity contribution in [2.75, 3.05) is 36.5 Å². The molecule has 1 N–H and O–H groups in total. The minimum Gasteiger partial charge on any atom is -0.370 e. The van der Waals surface area contributed by atoms with Crippen LogP contribution in [0.25, 0.3) is 0 Å². The molecule has 0 aliphatic carbocycles.